The SMILES string of the molecule is O=C([O-])C(F)(F)F.OCC(O)CO.[Na+]. The van der Waals surface area contributed by atoms with E-state index < -0.39 is 18.2 Å². The van der Waals surface area contributed by atoms with Gasteiger partial charge in [-0.05, 0) is 0 Å². The fraction of sp³-hybridized carbons (Fsp3) is 0.800. The first-order chi connectivity index (χ1) is 5.75. The summed E-state index contributed by atoms with van der Waals surface area (Å²) in [4.78, 5) is 8.78. The van der Waals surface area contributed by atoms with E-state index in [1.54, 1.807) is 0 Å². The van der Waals surface area contributed by atoms with Crippen molar-refractivity contribution in [1.29, 1.82) is 0 Å². The smallest absolute Gasteiger partial charge is 0.542 e. The van der Waals surface area contributed by atoms with Crippen LogP contribution in [0.25, 0.3) is 0 Å². The second-order valence-corrected chi connectivity index (χ2v) is 1.80. The predicted octanol–water partition coefficient (Wildman–Crippen LogP) is -5.37. The quantitative estimate of drug-likeness (QED) is 0.410. The molecule has 0 unspecified atom stereocenters. The van der Waals surface area contributed by atoms with Crippen LogP contribution >= 0.6 is 0 Å². The van der Waals surface area contributed by atoms with Gasteiger partial charge in [0.2, 0.25) is 0 Å². The van der Waals surface area contributed by atoms with Crippen molar-refractivity contribution in [2.45, 2.75) is 12.3 Å². The first-order valence-corrected chi connectivity index (χ1v) is 2.93. The van der Waals surface area contributed by atoms with Crippen LogP contribution in [0.4, 0.5) is 13.2 Å². The van der Waals surface area contributed by atoms with Crippen LogP contribution in [0.15, 0.2) is 0 Å². The summed E-state index contributed by atoms with van der Waals surface area (Å²) in [6, 6.07) is 0. The number of halogens is 3. The van der Waals surface area contributed by atoms with Gasteiger partial charge in [-0.25, -0.2) is 0 Å². The summed E-state index contributed by atoms with van der Waals surface area (Å²) in [5, 5.41) is 32.8. The molecule has 0 amide bonds. The molecule has 5 nitrogen and oxygen atoms in total. The van der Waals surface area contributed by atoms with Crippen LogP contribution in [0, 0.1) is 0 Å². The van der Waals surface area contributed by atoms with Crippen LogP contribution < -0.4 is 34.7 Å². The predicted molar refractivity (Wildman–Crippen MR) is 31.2 cm³/mol. The third kappa shape index (κ3) is 14.7. The topological polar surface area (TPSA) is 101 Å². The van der Waals surface area contributed by atoms with Crippen LogP contribution in [0.1, 0.15) is 0 Å². The van der Waals surface area contributed by atoms with Gasteiger partial charge in [-0.1, -0.05) is 0 Å². The number of aliphatic hydroxyl groups excluding tert-OH is 3. The standard InChI is InChI=1S/C3H8O3.C2HF3O2.Na/c4-1-3(6)2-5;3-2(4,5)1(6)7;/h3-6H,1-2H2;(H,6,7);/q;;+1/p-1. The zero-order chi connectivity index (χ0) is 11.1. The van der Waals surface area contributed by atoms with Gasteiger partial charge < -0.3 is 25.2 Å². The van der Waals surface area contributed by atoms with Gasteiger partial charge in [0, 0.05) is 0 Å². The van der Waals surface area contributed by atoms with Crippen LogP contribution in [0.5, 0.6) is 0 Å². The van der Waals surface area contributed by atoms with Gasteiger partial charge in [-0.2, -0.15) is 13.2 Å². The molecule has 0 aromatic heterocycles. The number of carbonyl (C=O) groups is 1. The largest absolute Gasteiger partial charge is 1.00 e. The molecule has 0 heterocycles. The number of hydrogen-bond acceptors (Lipinski definition) is 5. The Labute approximate surface area is 99.5 Å². The monoisotopic (exact) mass is 228 g/mol. The molecule has 3 N–H and O–H groups in total. The van der Waals surface area contributed by atoms with Crippen molar-refractivity contribution >= 4 is 5.97 Å². The van der Waals surface area contributed by atoms with Gasteiger partial charge in [-0.15, -0.1) is 0 Å². The Morgan fingerprint density at radius 1 is 1.29 bits per heavy atom. The van der Waals surface area contributed by atoms with E-state index >= 15 is 0 Å². The minimum atomic E-state index is -5.19. The van der Waals surface area contributed by atoms with Crippen molar-refractivity contribution in [1.82, 2.24) is 0 Å². The van der Waals surface area contributed by atoms with E-state index in [2.05, 4.69) is 0 Å². The Bertz CT molecular complexity index is 147. The Morgan fingerprint density at radius 2 is 1.50 bits per heavy atom. The summed E-state index contributed by atoms with van der Waals surface area (Å²) in [6.45, 7) is -0.729. The van der Waals surface area contributed by atoms with Gasteiger partial charge >= 0.3 is 35.7 Å². The third-order valence-corrected chi connectivity index (χ3v) is 0.653. The molecular weight excluding hydrogens is 220 g/mol. The van der Waals surface area contributed by atoms with Gasteiger partial charge in [0.25, 0.3) is 0 Å². The minimum absolute atomic E-state index is 0. The Kier molecular flexibility index (Phi) is 13.6. The van der Waals surface area contributed by atoms with Crippen molar-refractivity contribution < 1.29 is 67.9 Å². The number of rotatable bonds is 2. The zero-order valence-electron chi connectivity index (χ0n) is 7.28. The second-order valence-electron chi connectivity index (χ2n) is 1.80. The van der Waals surface area contributed by atoms with Crippen molar-refractivity contribution in [2.24, 2.45) is 0 Å². The van der Waals surface area contributed by atoms with Gasteiger partial charge in [0.1, 0.15) is 12.1 Å². The van der Waals surface area contributed by atoms with Crippen molar-refractivity contribution in [3.8, 4) is 0 Å². The Hall–Kier alpha value is 0.140. The molecular formula is C5H8F3NaO5. The molecule has 0 atom stereocenters. The Morgan fingerprint density at radius 3 is 1.50 bits per heavy atom. The van der Waals surface area contributed by atoms with Crippen molar-refractivity contribution in [3.63, 3.8) is 0 Å². The van der Waals surface area contributed by atoms with E-state index in [-0.39, 0.29) is 42.8 Å². The van der Waals surface area contributed by atoms with Crippen LogP contribution in [-0.4, -0.2) is 46.8 Å². The summed E-state index contributed by atoms with van der Waals surface area (Å²) in [7, 11) is 0. The normalized spacial score (nSPS) is 9.93. The van der Waals surface area contributed by atoms with Gasteiger partial charge in [-0.3, -0.25) is 0 Å². The number of carboxylic acids is 1. The molecule has 0 aromatic rings. The second kappa shape index (κ2) is 9.69. The van der Waals surface area contributed by atoms with E-state index in [9.17, 15) is 13.2 Å². The molecule has 0 saturated heterocycles. The van der Waals surface area contributed by atoms with Crippen LogP contribution in [0.2, 0.25) is 0 Å². The molecule has 0 aliphatic carbocycles. The van der Waals surface area contributed by atoms with Crippen molar-refractivity contribution in [2.75, 3.05) is 13.2 Å². The fourth-order valence-electron chi connectivity index (χ4n) is 0.0577. The van der Waals surface area contributed by atoms with E-state index in [4.69, 9.17) is 25.2 Å². The average molecular weight is 228 g/mol. The molecule has 80 valence electrons. The maximum Gasteiger partial charge on any atom is 1.00 e. The average Bonchev–Trinajstić information content (AvgIpc) is 2.02. The van der Waals surface area contributed by atoms with Crippen LogP contribution in [0.3, 0.4) is 0 Å². The summed E-state index contributed by atoms with van der Waals surface area (Å²) >= 11 is 0. The molecule has 0 rings (SSSR count). The molecule has 9 heteroatoms. The molecule has 0 spiro atoms. The molecule has 0 aliphatic heterocycles. The van der Waals surface area contributed by atoms with E-state index in [1.165, 1.54) is 0 Å². The molecule has 0 aliphatic rings. The molecule has 14 heavy (non-hydrogen) atoms. The molecule has 0 fully saturated rings. The summed E-state index contributed by atoms with van der Waals surface area (Å²) < 4.78 is 31.5. The van der Waals surface area contributed by atoms with Gasteiger partial charge in [0.15, 0.2) is 0 Å². The first kappa shape index (κ1) is 19.7. The minimum Gasteiger partial charge on any atom is -0.542 e. The van der Waals surface area contributed by atoms with E-state index in [0.717, 1.165) is 0 Å². The van der Waals surface area contributed by atoms with Gasteiger partial charge in [0.05, 0.1) is 13.2 Å². The molecule has 0 bridgehead atoms. The number of aliphatic hydroxyl groups is 3. The van der Waals surface area contributed by atoms with E-state index in [0.29, 0.717) is 0 Å². The number of aliphatic carboxylic acids is 1. The maximum atomic E-state index is 10.5. The first-order valence-electron chi connectivity index (χ1n) is 2.93. The Balaban J connectivity index is -0.000000163. The molecule has 0 saturated carbocycles. The van der Waals surface area contributed by atoms with Crippen molar-refractivity contribution in [3.05, 3.63) is 0 Å². The van der Waals surface area contributed by atoms with E-state index in [1.807, 2.05) is 0 Å². The van der Waals surface area contributed by atoms with Crippen LogP contribution in [-0.2, 0) is 4.79 Å². The molecule has 0 radical (unpaired) electrons. The zero-order valence-corrected chi connectivity index (χ0v) is 9.28. The third-order valence-electron chi connectivity index (χ3n) is 0.653. The number of carbonyl (C=O) groups excluding carboxylic acids is 1. The molecule has 0 aromatic carbocycles. The summed E-state index contributed by atoms with van der Waals surface area (Å²) in [5.74, 6) is -3.01. The summed E-state index contributed by atoms with van der Waals surface area (Å²) in [6.07, 6.45) is -6.15. The summed E-state index contributed by atoms with van der Waals surface area (Å²) in [5.41, 5.74) is 0. The number of carboxylic acid groups (broad SMARTS) is 1. The number of alkyl halides is 3. The number of hydrogen-bond donors (Lipinski definition) is 3. The maximum absolute atomic E-state index is 10.5. The fourth-order valence-corrected chi connectivity index (χ4v) is 0.0577.